The van der Waals surface area contributed by atoms with Crippen molar-refractivity contribution in [1.29, 1.82) is 0 Å². The van der Waals surface area contributed by atoms with Crippen LogP contribution in [-0.4, -0.2) is 63.8 Å². The highest BCUT2D eigenvalue weighted by Crippen LogP contribution is 2.30. The molecule has 6 heteroatoms. The molecular formula is C11H20N2O4. The Morgan fingerprint density at radius 1 is 1.47 bits per heavy atom. The maximum atomic E-state index is 12.2. The van der Waals surface area contributed by atoms with Gasteiger partial charge in [0.2, 0.25) is 0 Å². The molecule has 0 aromatic carbocycles. The van der Waals surface area contributed by atoms with E-state index in [2.05, 4.69) is 0 Å². The van der Waals surface area contributed by atoms with Gasteiger partial charge in [-0.2, -0.15) is 0 Å². The number of likely N-dealkylation sites (N-methyl/N-ethyl adjacent to an activating group) is 1. The Balaban J connectivity index is 2.84. The lowest BCUT2D eigenvalue weighted by Gasteiger charge is -2.35. The van der Waals surface area contributed by atoms with Gasteiger partial charge in [0.15, 0.2) is 0 Å². The van der Waals surface area contributed by atoms with E-state index < -0.39 is 11.5 Å². The van der Waals surface area contributed by atoms with Crippen LogP contribution < -0.4 is 0 Å². The summed E-state index contributed by atoms with van der Waals surface area (Å²) in [6.07, 6.45) is 1.18. The van der Waals surface area contributed by atoms with Gasteiger partial charge in [0, 0.05) is 19.6 Å². The van der Waals surface area contributed by atoms with Crippen molar-refractivity contribution in [2.45, 2.75) is 32.2 Å². The number of aliphatic hydroxyl groups excluding tert-OH is 1. The number of carbonyl (C=O) groups is 2. The number of hydrogen-bond donors (Lipinski definition) is 2. The number of nitrogens with zero attached hydrogens (tertiary/aromatic N) is 2. The van der Waals surface area contributed by atoms with E-state index in [4.69, 9.17) is 5.11 Å². The van der Waals surface area contributed by atoms with E-state index >= 15 is 0 Å². The van der Waals surface area contributed by atoms with Crippen molar-refractivity contribution < 1.29 is 19.8 Å². The van der Waals surface area contributed by atoms with Crippen LogP contribution in [0.5, 0.6) is 0 Å². The van der Waals surface area contributed by atoms with Crippen molar-refractivity contribution in [1.82, 2.24) is 9.80 Å². The van der Waals surface area contributed by atoms with E-state index in [1.807, 2.05) is 6.92 Å². The molecule has 0 aliphatic carbocycles. The minimum atomic E-state index is -1.11. The lowest BCUT2D eigenvalue weighted by Crippen LogP contribution is -2.55. The fraction of sp³-hybridized carbons (Fsp3) is 0.818. The first kappa shape index (κ1) is 13.8. The summed E-state index contributed by atoms with van der Waals surface area (Å²) in [5, 5.41) is 18.1. The maximum Gasteiger partial charge on any atom is 0.329 e. The summed E-state index contributed by atoms with van der Waals surface area (Å²) in [7, 11) is 0. The lowest BCUT2D eigenvalue weighted by atomic mass is 10.00. The fourth-order valence-corrected chi connectivity index (χ4v) is 2.17. The quantitative estimate of drug-likeness (QED) is 0.748. The van der Waals surface area contributed by atoms with E-state index in [9.17, 15) is 14.7 Å². The Morgan fingerprint density at radius 3 is 2.59 bits per heavy atom. The highest BCUT2D eigenvalue weighted by Gasteiger charge is 2.46. The van der Waals surface area contributed by atoms with Gasteiger partial charge in [-0.1, -0.05) is 0 Å². The van der Waals surface area contributed by atoms with Crippen LogP contribution in [0, 0.1) is 0 Å². The molecule has 1 unspecified atom stereocenters. The normalized spacial score (nSPS) is 23.8. The predicted octanol–water partition coefficient (Wildman–Crippen LogP) is 0.360. The van der Waals surface area contributed by atoms with Crippen molar-refractivity contribution in [2.24, 2.45) is 0 Å². The van der Waals surface area contributed by atoms with Gasteiger partial charge in [0.05, 0.1) is 6.61 Å². The molecule has 2 amide bonds. The average molecular weight is 244 g/mol. The maximum absolute atomic E-state index is 12.2. The molecule has 2 N–H and O–H groups in total. The number of likely N-dealkylation sites (tertiary alicyclic amines) is 1. The number of hydrogen-bond acceptors (Lipinski definition) is 3. The van der Waals surface area contributed by atoms with E-state index in [-0.39, 0.29) is 19.2 Å². The number of aliphatic hydroxyl groups is 1. The molecule has 1 aliphatic heterocycles. The summed E-state index contributed by atoms with van der Waals surface area (Å²) in [6.45, 7) is 4.43. The molecule has 17 heavy (non-hydrogen) atoms. The molecule has 98 valence electrons. The van der Waals surface area contributed by atoms with E-state index in [1.165, 1.54) is 9.80 Å². The van der Waals surface area contributed by atoms with Crippen LogP contribution in [0.1, 0.15) is 26.7 Å². The predicted molar refractivity (Wildman–Crippen MR) is 61.7 cm³/mol. The van der Waals surface area contributed by atoms with Gasteiger partial charge >= 0.3 is 12.0 Å². The second-order valence-electron chi connectivity index (χ2n) is 4.42. The molecule has 0 radical (unpaired) electrons. The van der Waals surface area contributed by atoms with Crippen LogP contribution in [0.25, 0.3) is 0 Å². The van der Waals surface area contributed by atoms with E-state index in [0.717, 1.165) is 0 Å². The zero-order valence-electron chi connectivity index (χ0n) is 10.3. The monoisotopic (exact) mass is 244 g/mol. The third kappa shape index (κ3) is 2.52. The Kier molecular flexibility index (Phi) is 4.34. The van der Waals surface area contributed by atoms with Crippen LogP contribution in [0.4, 0.5) is 4.79 Å². The van der Waals surface area contributed by atoms with Gasteiger partial charge in [-0.25, -0.2) is 9.59 Å². The Bertz CT molecular complexity index is 308. The SMILES string of the molecule is CCN(CCO)C(=O)N1CCCC1(C)C(=O)O. The number of aliphatic carboxylic acids is 1. The molecule has 1 fully saturated rings. The van der Waals surface area contributed by atoms with Crippen LogP contribution in [0.3, 0.4) is 0 Å². The molecule has 0 aromatic rings. The van der Waals surface area contributed by atoms with Gasteiger partial charge < -0.3 is 20.0 Å². The molecule has 0 saturated carbocycles. The van der Waals surface area contributed by atoms with E-state index in [1.54, 1.807) is 6.92 Å². The molecule has 6 nitrogen and oxygen atoms in total. The van der Waals surface area contributed by atoms with Crippen LogP contribution in [0.2, 0.25) is 0 Å². The van der Waals surface area contributed by atoms with Gasteiger partial charge in [0.25, 0.3) is 0 Å². The number of amides is 2. The Labute approximate surface area is 101 Å². The topological polar surface area (TPSA) is 81.1 Å². The number of rotatable bonds is 4. The van der Waals surface area contributed by atoms with Crippen LogP contribution in [-0.2, 0) is 4.79 Å². The molecule has 0 aromatic heterocycles. The minimum Gasteiger partial charge on any atom is -0.480 e. The van der Waals surface area contributed by atoms with Crippen LogP contribution in [0.15, 0.2) is 0 Å². The summed E-state index contributed by atoms with van der Waals surface area (Å²) in [6, 6.07) is -0.302. The number of carboxylic acid groups (broad SMARTS) is 1. The molecule has 1 saturated heterocycles. The summed E-state index contributed by atoms with van der Waals surface area (Å²) in [5.74, 6) is -0.969. The fourth-order valence-electron chi connectivity index (χ4n) is 2.17. The first-order chi connectivity index (χ1) is 7.97. The molecule has 1 atom stereocenters. The highest BCUT2D eigenvalue weighted by molar-refractivity contribution is 5.86. The summed E-state index contributed by atoms with van der Waals surface area (Å²) >= 11 is 0. The molecule has 1 rings (SSSR count). The zero-order chi connectivity index (χ0) is 13.1. The number of urea groups is 1. The van der Waals surface area contributed by atoms with Crippen molar-refractivity contribution in [2.75, 3.05) is 26.2 Å². The first-order valence-corrected chi connectivity index (χ1v) is 5.88. The summed E-state index contributed by atoms with van der Waals surface area (Å²) < 4.78 is 0. The first-order valence-electron chi connectivity index (χ1n) is 5.88. The second-order valence-corrected chi connectivity index (χ2v) is 4.42. The second kappa shape index (κ2) is 5.35. The highest BCUT2D eigenvalue weighted by atomic mass is 16.4. The van der Waals surface area contributed by atoms with Crippen molar-refractivity contribution in [3.05, 3.63) is 0 Å². The van der Waals surface area contributed by atoms with Gasteiger partial charge in [-0.3, -0.25) is 0 Å². The smallest absolute Gasteiger partial charge is 0.329 e. The van der Waals surface area contributed by atoms with Gasteiger partial charge in [-0.05, 0) is 26.7 Å². The van der Waals surface area contributed by atoms with Crippen molar-refractivity contribution >= 4 is 12.0 Å². The molecule has 0 spiro atoms. The number of carbonyl (C=O) groups excluding carboxylic acids is 1. The van der Waals surface area contributed by atoms with Gasteiger partial charge in [0.1, 0.15) is 5.54 Å². The largest absolute Gasteiger partial charge is 0.480 e. The molecule has 0 bridgehead atoms. The molecule has 1 aliphatic rings. The lowest BCUT2D eigenvalue weighted by molar-refractivity contribution is -0.147. The minimum absolute atomic E-state index is 0.114. The molecule has 1 heterocycles. The summed E-state index contributed by atoms with van der Waals surface area (Å²) in [5.41, 5.74) is -1.11. The standard InChI is InChI=1S/C11H20N2O4/c1-3-12(7-8-14)10(17)13-6-4-5-11(13,2)9(15)16/h14H,3-8H2,1-2H3,(H,15,16). The zero-order valence-corrected chi connectivity index (χ0v) is 10.3. The van der Waals surface area contributed by atoms with Crippen LogP contribution >= 0.6 is 0 Å². The van der Waals surface area contributed by atoms with Crippen molar-refractivity contribution in [3.63, 3.8) is 0 Å². The third-order valence-electron chi connectivity index (χ3n) is 3.35. The summed E-state index contributed by atoms with van der Waals surface area (Å²) in [4.78, 5) is 26.3. The third-order valence-corrected chi connectivity index (χ3v) is 3.35. The van der Waals surface area contributed by atoms with E-state index in [0.29, 0.717) is 25.9 Å². The van der Waals surface area contributed by atoms with Crippen molar-refractivity contribution in [3.8, 4) is 0 Å². The Hall–Kier alpha value is -1.30. The number of carboxylic acids is 1. The van der Waals surface area contributed by atoms with Gasteiger partial charge in [-0.15, -0.1) is 0 Å². The Morgan fingerprint density at radius 2 is 2.12 bits per heavy atom. The molecular weight excluding hydrogens is 224 g/mol. The average Bonchev–Trinajstić information content (AvgIpc) is 2.68.